The number of nitrogens with one attached hydrogen (secondary N) is 2. The molecule has 27 heavy (non-hydrogen) atoms. The number of carbonyl (C=O) groups excluding carboxylic acids is 2. The van der Waals surface area contributed by atoms with Crippen LogP contribution in [0.3, 0.4) is 0 Å². The molecule has 2 amide bonds. The summed E-state index contributed by atoms with van der Waals surface area (Å²) in [4.78, 5) is 27.6. The lowest BCUT2D eigenvalue weighted by Crippen LogP contribution is -2.42. The van der Waals surface area contributed by atoms with Gasteiger partial charge in [0.1, 0.15) is 5.25 Å². The minimum Gasteiger partial charge on any atom is -0.348 e. The van der Waals surface area contributed by atoms with Crippen LogP contribution in [0.4, 0.5) is 0 Å². The minimum absolute atomic E-state index is 0.159. The second kappa shape index (κ2) is 8.77. The largest absolute Gasteiger partial charge is 0.348 e. The summed E-state index contributed by atoms with van der Waals surface area (Å²) in [5.74, 6) is -1.67. The van der Waals surface area contributed by atoms with E-state index in [0.717, 1.165) is 11.1 Å². The maximum atomic E-state index is 13.2. The lowest BCUT2D eigenvalue weighted by Gasteiger charge is -2.19. The number of sulfone groups is 1. The zero-order valence-corrected chi connectivity index (χ0v) is 16.3. The van der Waals surface area contributed by atoms with Crippen molar-refractivity contribution in [3.05, 3.63) is 59.4 Å². The molecule has 1 atom stereocenters. The summed E-state index contributed by atoms with van der Waals surface area (Å²) < 4.78 is 26.4. The Balaban J connectivity index is 2.36. The van der Waals surface area contributed by atoms with Crippen LogP contribution in [0, 0.1) is 13.8 Å². The molecule has 0 spiro atoms. The van der Waals surface area contributed by atoms with Crippen molar-refractivity contribution in [1.82, 2.24) is 15.6 Å². The summed E-state index contributed by atoms with van der Waals surface area (Å²) in [5.41, 5.74) is 2.27. The number of nitrogens with zero attached hydrogens (tertiary/aromatic N) is 1. The van der Waals surface area contributed by atoms with Crippen LogP contribution in [0.15, 0.2) is 47.6 Å². The van der Waals surface area contributed by atoms with Crippen molar-refractivity contribution in [3.63, 3.8) is 0 Å². The second-order valence-corrected chi connectivity index (χ2v) is 8.27. The van der Waals surface area contributed by atoms with Crippen molar-refractivity contribution in [3.8, 4) is 0 Å². The van der Waals surface area contributed by atoms with Gasteiger partial charge in [-0.3, -0.25) is 14.6 Å². The monoisotopic (exact) mass is 389 g/mol. The van der Waals surface area contributed by atoms with Gasteiger partial charge in [0, 0.05) is 25.5 Å². The van der Waals surface area contributed by atoms with E-state index in [1.165, 1.54) is 12.4 Å². The molecular weight excluding hydrogens is 366 g/mol. The van der Waals surface area contributed by atoms with Gasteiger partial charge in [-0.15, -0.1) is 0 Å². The number of rotatable bonds is 6. The summed E-state index contributed by atoms with van der Waals surface area (Å²) >= 11 is 0. The molecule has 0 aliphatic carbocycles. The number of carbonyl (C=O) groups is 2. The highest BCUT2D eigenvalue weighted by molar-refractivity contribution is 7.91. The molecule has 8 heteroatoms. The normalized spacial score (nSPS) is 12.3. The molecule has 1 aromatic carbocycles. The lowest BCUT2D eigenvalue weighted by molar-refractivity contribution is -0.139. The maximum absolute atomic E-state index is 13.2. The van der Waals surface area contributed by atoms with Crippen LogP contribution in [-0.4, -0.2) is 38.3 Å². The standard InChI is InChI=1S/C19H23N3O4S/c1-4-21-18(23)19(24)22-12-17(15-6-5-9-20-11-15)27(25,26)16-8-7-13(2)14(3)10-16/h5-11,17H,4,12H2,1-3H3,(H,21,23)(H,22,24)/t17-/m1/s1. The first-order valence-corrected chi connectivity index (χ1v) is 10.1. The SMILES string of the molecule is CCNC(=O)C(=O)NC[C@H](c1cccnc1)S(=O)(=O)c1ccc(C)c(C)c1. The Kier molecular flexibility index (Phi) is 6.68. The van der Waals surface area contributed by atoms with E-state index in [-0.39, 0.29) is 11.4 Å². The van der Waals surface area contributed by atoms with Crippen molar-refractivity contribution in [2.75, 3.05) is 13.1 Å². The molecule has 0 aliphatic rings. The van der Waals surface area contributed by atoms with Crippen LogP contribution in [0.1, 0.15) is 28.9 Å². The first-order chi connectivity index (χ1) is 12.8. The molecule has 0 saturated carbocycles. The molecule has 144 valence electrons. The minimum atomic E-state index is -3.81. The first kappa shape index (κ1) is 20.6. The highest BCUT2D eigenvalue weighted by atomic mass is 32.2. The van der Waals surface area contributed by atoms with Gasteiger partial charge in [0.25, 0.3) is 0 Å². The van der Waals surface area contributed by atoms with E-state index in [9.17, 15) is 18.0 Å². The Morgan fingerprint density at radius 3 is 2.37 bits per heavy atom. The van der Waals surface area contributed by atoms with E-state index < -0.39 is 26.9 Å². The molecule has 0 radical (unpaired) electrons. The number of likely N-dealkylation sites (N-methyl/N-ethyl adjacent to an activating group) is 1. The summed E-state index contributed by atoms with van der Waals surface area (Å²) in [6, 6.07) is 8.17. The molecule has 0 unspecified atom stereocenters. The number of benzene rings is 1. The zero-order valence-electron chi connectivity index (χ0n) is 15.5. The van der Waals surface area contributed by atoms with Gasteiger partial charge in [0.2, 0.25) is 0 Å². The van der Waals surface area contributed by atoms with E-state index in [1.54, 1.807) is 37.3 Å². The first-order valence-electron chi connectivity index (χ1n) is 8.54. The number of hydrogen-bond donors (Lipinski definition) is 2. The summed E-state index contributed by atoms with van der Waals surface area (Å²) in [6.45, 7) is 5.49. The van der Waals surface area contributed by atoms with Gasteiger partial charge in [0.05, 0.1) is 4.90 Å². The second-order valence-electron chi connectivity index (χ2n) is 6.14. The molecule has 0 aliphatic heterocycles. The van der Waals surface area contributed by atoms with Crippen LogP contribution in [0.5, 0.6) is 0 Å². The third-order valence-electron chi connectivity index (χ3n) is 4.23. The Morgan fingerprint density at radius 1 is 1.07 bits per heavy atom. The molecule has 0 fully saturated rings. The highest BCUT2D eigenvalue weighted by Crippen LogP contribution is 2.29. The van der Waals surface area contributed by atoms with Gasteiger partial charge >= 0.3 is 11.8 Å². The Morgan fingerprint density at radius 2 is 1.78 bits per heavy atom. The predicted molar refractivity (Wildman–Crippen MR) is 102 cm³/mol. The fraction of sp³-hybridized carbons (Fsp3) is 0.316. The average Bonchev–Trinajstić information content (AvgIpc) is 2.64. The van der Waals surface area contributed by atoms with E-state index in [2.05, 4.69) is 15.6 Å². The van der Waals surface area contributed by atoms with Crippen LogP contribution in [0.2, 0.25) is 0 Å². The number of aromatic nitrogens is 1. The molecule has 7 nitrogen and oxygen atoms in total. The summed E-state index contributed by atoms with van der Waals surface area (Å²) in [6.07, 6.45) is 2.98. The lowest BCUT2D eigenvalue weighted by atomic mass is 10.1. The van der Waals surface area contributed by atoms with Gasteiger partial charge in [-0.2, -0.15) is 0 Å². The Hall–Kier alpha value is -2.74. The smallest absolute Gasteiger partial charge is 0.309 e. The fourth-order valence-corrected chi connectivity index (χ4v) is 4.26. The number of aryl methyl sites for hydroxylation is 2. The quantitative estimate of drug-likeness (QED) is 0.728. The molecule has 0 saturated heterocycles. The Labute approximate surface area is 159 Å². The van der Waals surface area contributed by atoms with E-state index in [1.807, 2.05) is 13.8 Å². The third-order valence-corrected chi connectivity index (χ3v) is 6.33. The van der Waals surface area contributed by atoms with Crippen LogP contribution in [0.25, 0.3) is 0 Å². The van der Waals surface area contributed by atoms with Crippen molar-refractivity contribution in [2.24, 2.45) is 0 Å². The van der Waals surface area contributed by atoms with Crippen molar-refractivity contribution in [2.45, 2.75) is 30.9 Å². The predicted octanol–water partition coefficient (Wildman–Crippen LogP) is 1.47. The third kappa shape index (κ3) is 4.91. The fourth-order valence-electron chi connectivity index (χ4n) is 2.53. The molecule has 2 N–H and O–H groups in total. The van der Waals surface area contributed by atoms with Gasteiger partial charge in [0.15, 0.2) is 9.84 Å². The van der Waals surface area contributed by atoms with Crippen molar-refractivity contribution in [1.29, 1.82) is 0 Å². The maximum Gasteiger partial charge on any atom is 0.309 e. The topological polar surface area (TPSA) is 105 Å². The molecule has 1 aromatic heterocycles. The summed E-state index contributed by atoms with van der Waals surface area (Å²) in [7, 11) is -3.81. The van der Waals surface area contributed by atoms with E-state index in [4.69, 9.17) is 0 Å². The molecule has 2 aromatic rings. The van der Waals surface area contributed by atoms with Gasteiger partial charge in [-0.1, -0.05) is 12.1 Å². The van der Waals surface area contributed by atoms with Crippen LogP contribution < -0.4 is 10.6 Å². The van der Waals surface area contributed by atoms with Gasteiger partial charge in [-0.05, 0) is 55.7 Å². The Bertz CT molecular complexity index is 927. The van der Waals surface area contributed by atoms with E-state index >= 15 is 0 Å². The number of pyridine rings is 1. The van der Waals surface area contributed by atoms with Crippen molar-refractivity contribution < 1.29 is 18.0 Å². The molecule has 1 heterocycles. The van der Waals surface area contributed by atoms with Gasteiger partial charge < -0.3 is 10.6 Å². The molecular formula is C19H23N3O4S. The summed E-state index contributed by atoms with van der Waals surface area (Å²) in [5, 5.41) is 3.73. The van der Waals surface area contributed by atoms with Gasteiger partial charge in [-0.25, -0.2) is 8.42 Å². The molecule has 2 rings (SSSR count). The van der Waals surface area contributed by atoms with Crippen LogP contribution >= 0.6 is 0 Å². The zero-order chi connectivity index (χ0) is 20.0. The van der Waals surface area contributed by atoms with Crippen molar-refractivity contribution >= 4 is 21.7 Å². The molecule has 0 bridgehead atoms. The average molecular weight is 389 g/mol. The van der Waals surface area contributed by atoms with Crippen LogP contribution in [-0.2, 0) is 19.4 Å². The number of amides is 2. The van der Waals surface area contributed by atoms with E-state index in [0.29, 0.717) is 12.1 Å². The highest BCUT2D eigenvalue weighted by Gasteiger charge is 2.30. The number of hydrogen-bond acceptors (Lipinski definition) is 5.